The number of carbonyl (C=O) groups is 1. The molecule has 0 unspecified atom stereocenters. The van der Waals surface area contributed by atoms with Crippen molar-refractivity contribution in [1.82, 2.24) is 0 Å². The quantitative estimate of drug-likeness (QED) is 0.697. The number of ketones is 1. The summed E-state index contributed by atoms with van der Waals surface area (Å²) < 4.78 is 32.4. The first-order valence-corrected chi connectivity index (χ1v) is 5.94. The van der Waals surface area contributed by atoms with Crippen LogP contribution in [0.3, 0.4) is 0 Å². The van der Waals surface area contributed by atoms with E-state index in [1.807, 2.05) is 0 Å². The molecule has 0 fully saturated rings. The van der Waals surface area contributed by atoms with Gasteiger partial charge in [0, 0.05) is 23.4 Å². The van der Waals surface area contributed by atoms with E-state index < -0.39 is 23.0 Å². The lowest BCUT2D eigenvalue weighted by atomic mass is 10.0. The van der Waals surface area contributed by atoms with E-state index in [-0.39, 0.29) is 22.0 Å². The Morgan fingerprint density at radius 2 is 1.80 bits per heavy atom. The van der Waals surface area contributed by atoms with Crippen LogP contribution in [0.15, 0.2) is 30.3 Å². The van der Waals surface area contributed by atoms with E-state index in [9.17, 15) is 13.6 Å². The van der Waals surface area contributed by atoms with Gasteiger partial charge in [-0.25, -0.2) is 8.78 Å². The largest absolute Gasteiger partial charge is 0.497 e. The highest BCUT2D eigenvalue weighted by molar-refractivity contribution is 6.35. The molecule has 0 radical (unpaired) electrons. The molecule has 0 saturated heterocycles. The summed E-state index contributed by atoms with van der Waals surface area (Å²) in [5.74, 6) is -2.94. The van der Waals surface area contributed by atoms with Gasteiger partial charge in [-0.2, -0.15) is 0 Å². The highest BCUT2D eigenvalue weighted by Crippen LogP contribution is 2.27. The fraction of sp³-hybridized carbons (Fsp3) is 0.0714. The highest BCUT2D eigenvalue weighted by atomic mass is 35.5. The molecule has 2 rings (SSSR count). The van der Waals surface area contributed by atoms with E-state index in [1.165, 1.54) is 25.3 Å². The van der Waals surface area contributed by atoms with Gasteiger partial charge in [-0.1, -0.05) is 11.6 Å². The van der Waals surface area contributed by atoms with Gasteiger partial charge in [0.1, 0.15) is 17.4 Å². The summed E-state index contributed by atoms with van der Waals surface area (Å²) in [4.78, 5) is 12.2. The first kappa shape index (κ1) is 14.3. The van der Waals surface area contributed by atoms with Crippen molar-refractivity contribution in [3.63, 3.8) is 0 Å². The molecule has 6 heteroatoms. The summed E-state index contributed by atoms with van der Waals surface area (Å²) in [5.41, 5.74) is 5.06. The SMILES string of the molecule is COc1cc(F)c(C(=O)c2cc(N)ccc2Cl)c(F)c1. The summed E-state index contributed by atoms with van der Waals surface area (Å²) in [6.07, 6.45) is 0. The van der Waals surface area contributed by atoms with Crippen LogP contribution in [0.4, 0.5) is 14.5 Å². The van der Waals surface area contributed by atoms with Crippen LogP contribution in [0.1, 0.15) is 15.9 Å². The maximum Gasteiger partial charge on any atom is 0.200 e. The highest BCUT2D eigenvalue weighted by Gasteiger charge is 2.22. The average Bonchev–Trinajstić information content (AvgIpc) is 2.40. The third-order valence-electron chi connectivity index (χ3n) is 2.71. The summed E-state index contributed by atoms with van der Waals surface area (Å²) in [5, 5.41) is 0.0684. The van der Waals surface area contributed by atoms with Crippen LogP contribution in [0, 0.1) is 11.6 Å². The standard InChI is InChI=1S/C14H10ClF2NO2/c1-20-8-5-11(16)13(12(17)6-8)14(19)9-4-7(18)2-3-10(9)15/h2-6H,18H2,1H3. The molecule has 0 aliphatic carbocycles. The maximum atomic E-state index is 13.9. The normalized spacial score (nSPS) is 10.4. The zero-order valence-corrected chi connectivity index (χ0v) is 11.2. The van der Waals surface area contributed by atoms with Gasteiger partial charge >= 0.3 is 0 Å². The molecule has 0 aliphatic rings. The molecule has 0 aromatic heterocycles. The first-order chi connectivity index (χ1) is 9.43. The van der Waals surface area contributed by atoms with E-state index in [0.717, 1.165) is 12.1 Å². The Hall–Kier alpha value is -2.14. The van der Waals surface area contributed by atoms with Crippen molar-refractivity contribution in [2.75, 3.05) is 12.8 Å². The van der Waals surface area contributed by atoms with Crippen molar-refractivity contribution >= 4 is 23.1 Å². The molecule has 2 aromatic rings. The van der Waals surface area contributed by atoms with Crippen LogP contribution < -0.4 is 10.5 Å². The molecule has 20 heavy (non-hydrogen) atoms. The van der Waals surface area contributed by atoms with Crippen molar-refractivity contribution in [2.24, 2.45) is 0 Å². The number of carbonyl (C=O) groups excluding carboxylic acids is 1. The van der Waals surface area contributed by atoms with Gasteiger partial charge in [-0.3, -0.25) is 4.79 Å². The number of nitrogen functional groups attached to an aromatic ring is 1. The Balaban J connectivity index is 2.56. The van der Waals surface area contributed by atoms with Crippen LogP contribution in [0.2, 0.25) is 5.02 Å². The van der Waals surface area contributed by atoms with Crippen molar-refractivity contribution < 1.29 is 18.3 Å². The van der Waals surface area contributed by atoms with Crippen molar-refractivity contribution in [3.05, 3.63) is 58.1 Å². The molecule has 2 aromatic carbocycles. The monoisotopic (exact) mass is 297 g/mol. The minimum absolute atomic E-state index is 0.0183. The molecule has 3 nitrogen and oxygen atoms in total. The molecule has 0 heterocycles. The fourth-order valence-electron chi connectivity index (χ4n) is 1.74. The Labute approximate surface area is 118 Å². The number of halogens is 3. The number of hydrogen-bond acceptors (Lipinski definition) is 3. The number of rotatable bonds is 3. The fourth-order valence-corrected chi connectivity index (χ4v) is 1.94. The maximum absolute atomic E-state index is 13.9. The van der Waals surface area contributed by atoms with Gasteiger partial charge < -0.3 is 10.5 Å². The van der Waals surface area contributed by atoms with E-state index in [0.29, 0.717) is 0 Å². The molecular weight excluding hydrogens is 288 g/mol. The van der Waals surface area contributed by atoms with Gasteiger partial charge in [0.2, 0.25) is 5.78 Å². The molecule has 0 spiro atoms. The summed E-state index contributed by atoms with van der Waals surface area (Å²) in [7, 11) is 1.27. The van der Waals surface area contributed by atoms with Crippen LogP contribution >= 0.6 is 11.6 Å². The summed E-state index contributed by atoms with van der Waals surface area (Å²) in [6, 6.07) is 6.00. The minimum atomic E-state index is -1.02. The molecule has 0 saturated carbocycles. The second kappa shape index (κ2) is 5.46. The molecule has 2 N–H and O–H groups in total. The number of hydrogen-bond donors (Lipinski definition) is 1. The van der Waals surface area contributed by atoms with Crippen molar-refractivity contribution in [2.45, 2.75) is 0 Å². The Bertz CT molecular complexity index is 666. The Morgan fingerprint density at radius 3 is 2.35 bits per heavy atom. The molecule has 0 aliphatic heterocycles. The average molecular weight is 298 g/mol. The Morgan fingerprint density at radius 1 is 1.20 bits per heavy atom. The van der Waals surface area contributed by atoms with Crippen LogP contribution in [-0.4, -0.2) is 12.9 Å². The molecule has 0 atom stereocenters. The lowest BCUT2D eigenvalue weighted by Crippen LogP contribution is -2.09. The molecule has 104 valence electrons. The minimum Gasteiger partial charge on any atom is -0.497 e. The Kier molecular flexibility index (Phi) is 3.90. The van der Waals surface area contributed by atoms with Gasteiger partial charge in [-0.05, 0) is 18.2 Å². The van der Waals surface area contributed by atoms with Crippen molar-refractivity contribution in [1.29, 1.82) is 0 Å². The zero-order valence-electron chi connectivity index (χ0n) is 10.4. The van der Waals surface area contributed by atoms with Gasteiger partial charge in [0.05, 0.1) is 17.7 Å². The molecule has 0 bridgehead atoms. The predicted octanol–water partition coefficient (Wildman–Crippen LogP) is 3.44. The molecular formula is C14H10ClF2NO2. The lowest BCUT2D eigenvalue weighted by Gasteiger charge is -2.08. The van der Waals surface area contributed by atoms with Gasteiger partial charge in [0.25, 0.3) is 0 Å². The van der Waals surface area contributed by atoms with Crippen molar-refractivity contribution in [3.8, 4) is 5.75 Å². The predicted molar refractivity (Wildman–Crippen MR) is 72.2 cm³/mol. The van der Waals surface area contributed by atoms with E-state index in [1.54, 1.807) is 0 Å². The lowest BCUT2D eigenvalue weighted by molar-refractivity contribution is 0.103. The smallest absolute Gasteiger partial charge is 0.200 e. The summed E-state index contributed by atoms with van der Waals surface area (Å²) >= 11 is 5.86. The second-order valence-electron chi connectivity index (χ2n) is 4.03. The topological polar surface area (TPSA) is 52.3 Å². The van der Waals surface area contributed by atoms with E-state index >= 15 is 0 Å². The number of methoxy groups -OCH3 is 1. The third kappa shape index (κ3) is 2.58. The second-order valence-corrected chi connectivity index (χ2v) is 4.44. The first-order valence-electron chi connectivity index (χ1n) is 5.56. The zero-order chi connectivity index (χ0) is 14.9. The number of ether oxygens (including phenoxy) is 1. The van der Waals surface area contributed by atoms with E-state index in [2.05, 4.69) is 0 Å². The van der Waals surface area contributed by atoms with Crippen LogP contribution in [0.25, 0.3) is 0 Å². The van der Waals surface area contributed by atoms with E-state index in [4.69, 9.17) is 22.1 Å². The molecule has 0 amide bonds. The van der Waals surface area contributed by atoms with Crippen LogP contribution in [0.5, 0.6) is 5.75 Å². The number of anilines is 1. The van der Waals surface area contributed by atoms with Crippen LogP contribution in [-0.2, 0) is 0 Å². The number of nitrogens with two attached hydrogens (primary N) is 1. The third-order valence-corrected chi connectivity index (χ3v) is 3.04. The summed E-state index contributed by atoms with van der Waals surface area (Å²) in [6.45, 7) is 0. The van der Waals surface area contributed by atoms with Gasteiger partial charge in [-0.15, -0.1) is 0 Å². The van der Waals surface area contributed by atoms with Gasteiger partial charge in [0.15, 0.2) is 0 Å². The number of benzene rings is 2.